The number of rotatable bonds is 2. The summed E-state index contributed by atoms with van der Waals surface area (Å²) < 4.78 is 1.05. The van der Waals surface area contributed by atoms with E-state index in [1.807, 2.05) is 12.1 Å². The zero-order chi connectivity index (χ0) is 8.97. The second-order valence-corrected chi connectivity index (χ2v) is 3.52. The molecule has 0 amide bonds. The van der Waals surface area contributed by atoms with E-state index in [2.05, 4.69) is 35.0 Å². The Kier molecular flexibility index (Phi) is 3.31. The van der Waals surface area contributed by atoms with E-state index >= 15 is 0 Å². The van der Waals surface area contributed by atoms with Gasteiger partial charge in [0.1, 0.15) is 0 Å². The summed E-state index contributed by atoms with van der Waals surface area (Å²) in [6, 6.07) is 8.26. The van der Waals surface area contributed by atoms with Crippen LogP contribution in [0.2, 0.25) is 0 Å². The van der Waals surface area contributed by atoms with Gasteiger partial charge in [0, 0.05) is 4.47 Å². The van der Waals surface area contributed by atoms with Crippen molar-refractivity contribution in [1.82, 2.24) is 0 Å². The van der Waals surface area contributed by atoms with Gasteiger partial charge in [0.2, 0.25) is 0 Å². The van der Waals surface area contributed by atoms with Gasteiger partial charge in [-0.25, -0.2) is 0 Å². The number of hydrogen-bond acceptors (Lipinski definition) is 1. The molecule has 0 saturated heterocycles. The molecule has 2 heteroatoms. The van der Waals surface area contributed by atoms with Crippen LogP contribution >= 0.6 is 15.9 Å². The first-order valence-electron chi connectivity index (χ1n) is 3.92. The van der Waals surface area contributed by atoms with Crippen molar-refractivity contribution in [2.24, 2.45) is 0 Å². The zero-order valence-corrected chi connectivity index (χ0v) is 8.56. The van der Waals surface area contributed by atoms with Crippen LogP contribution in [0.5, 0.6) is 0 Å². The number of aryl methyl sites for hydroxylation is 1. The Morgan fingerprint density at radius 1 is 1.42 bits per heavy atom. The minimum absolute atomic E-state index is 0.503. The predicted molar refractivity (Wildman–Crippen MR) is 52.8 cm³/mol. The van der Waals surface area contributed by atoms with E-state index in [1.54, 1.807) is 0 Å². The summed E-state index contributed by atoms with van der Waals surface area (Å²) in [6.45, 7) is 2.10. The minimum Gasteiger partial charge on any atom is -0.198 e. The van der Waals surface area contributed by atoms with E-state index in [1.165, 1.54) is 5.56 Å². The summed E-state index contributed by atoms with van der Waals surface area (Å²) in [6.07, 6.45) is 1.49. The van der Waals surface area contributed by atoms with E-state index in [0.29, 0.717) is 6.42 Å². The fourth-order valence-corrected chi connectivity index (χ4v) is 1.60. The van der Waals surface area contributed by atoms with Gasteiger partial charge in [-0.1, -0.05) is 28.9 Å². The fraction of sp³-hybridized carbons (Fsp3) is 0.300. The van der Waals surface area contributed by atoms with E-state index in [-0.39, 0.29) is 0 Å². The SMILES string of the molecule is CCc1ccc(Br)cc1CC#N. The predicted octanol–water partition coefficient (Wildman–Crippen LogP) is 3.08. The molecule has 0 aliphatic heterocycles. The van der Waals surface area contributed by atoms with Crippen molar-refractivity contribution in [3.05, 3.63) is 33.8 Å². The summed E-state index contributed by atoms with van der Waals surface area (Å²) in [5.74, 6) is 0. The van der Waals surface area contributed by atoms with Crippen LogP contribution in [0, 0.1) is 11.3 Å². The third-order valence-corrected chi connectivity index (χ3v) is 2.31. The molecular formula is C10H10BrN. The van der Waals surface area contributed by atoms with Crippen LogP contribution in [0.15, 0.2) is 22.7 Å². The molecule has 0 spiro atoms. The van der Waals surface area contributed by atoms with E-state index in [0.717, 1.165) is 16.5 Å². The molecule has 0 aliphatic carbocycles. The first kappa shape index (κ1) is 9.28. The lowest BCUT2D eigenvalue weighted by Gasteiger charge is -2.03. The maximum absolute atomic E-state index is 8.57. The van der Waals surface area contributed by atoms with Gasteiger partial charge in [-0.15, -0.1) is 0 Å². The molecule has 12 heavy (non-hydrogen) atoms. The molecule has 62 valence electrons. The molecule has 1 aromatic rings. The lowest BCUT2D eigenvalue weighted by Crippen LogP contribution is -1.90. The van der Waals surface area contributed by atoms with Crippen molar-refractivity contribution in [1.29, 1.82) is 5.26 Å². The summed E-state index contributed by atoms with van der Waals surface area (Å²) in [7, 11) is 0. The molecular weight excluding hydrogens is 214 g/mol. The van der Waals surface area contributed by atoms with Crippen molar-refractivity contribution < 1.29 is 0 Å². The molecule has 1 rings (SSSR count). The van der Waals surface area contributed by atoms with Crippen molar-refractivity contribution in [2.45, 2.75) is 19.8 Å². The van der Waals surface area contributed by atoms with Crippen LogP contribution in [0.4, 0.5) is 0 Å². The van der Waals surface area contributed by atoms with Crippen LogP contribution < -0.4 is 0 Å². The molecule has 0 fully saturated rings. The average molecular weight is 224 g/mol. The standard InChI is InChI=1S/C10H10BrN/c1-2-8-3-4-10(11)7-9(8)5-6-12/h3-4,7H,2,5H2,1H3. The lowest BCUT2D eigenvalue weighted by molar-refractivity contribution is 1.08. The zero-order valence-electron chi connectivity index (χ0n) is 6.97. The lowest BCUT2D eigenvalue weighted by atomic mass is 10.0. The topological polar surface area (TPSA) is 23.8 Å². The Morgan fingerprint density at radius 3 is 2.75 bits per heavy atom. The Balaban J connectivity index is 3.05. The van der Waals surface area contributed by atoms with Crippen LogP contribution in [0.1, 0.15) is 18.1 Å². The number of hydrogen-bond donors (Lipinski definition) is 0. The van der Waals surface area contributed by atoms with Crippen molar-refractivity contribution in [2.75, 3.05) is 0 Å². The number of halogens is 1. The molecule has 0 saturated carbocycles. The Bertz CT molecular complexity index is 312. The average Bonchev–Trinajstić information content (AvgIpc) is 2.05. The van der Waals surface area contributed by atoms with E-state index in [9.17, 15) is 0 Å². The van der Waals surface area contributed by atoms with Gasteiger partial charge in [-0.3, -0.25) is 0 Å². The largest absolute Gasteiger partial charge is 0.198 e. The van der Waals surface area contributed by atoms with Gasteiger partial charge in [0.15, 0.2) is 0 Å². The molecule has 0 N–H and O–H groups in total. The molecule has 1 nitrogen and oxygen atoms in total. The molecule has 0 radical (unpaired) electrons. The quantitative estimate of drug-likeness (QED) is 0.757. The van der Waals surface area contributed by atoms with Crippen molar-refractivity contribution >= 4 is 15.9 Å². The number of nitriles is 1. The third kappa shape index (κ3) is 2.09. The number of benzene rings is 1. The summed E-state index contributed by atoms with van der Waals surface area (Å²) in [5.41, 5.74) is 2.40. The molecule has 0 aromatic heterocycles. The highest BCUT2D eigenvalue weighted by Gasteiger charge is 1.99. The molecule has 0 unspecified atom stereocenters. The maximum atomic E-state index is 8.57. The Labute approximate surface area is 81.2 Å². The highest BCUT2D eigenvalue weighted by atomic mass is 79.9. The highest BCUT2D eigenvalue weighted by Crippen LogP contribution is 2.17. The summed E-state index contributed by atoms with van der Waals surface area (Å²) >= 11 is 3.39. The minimum atomic E-state index is 0.503. The van der Waals surface area contributed by atoms with Crippen molar-refractivity contribution in [3.63, 3.8) is 0 Å². The van der Waals surface area contributed by atoms with Gasteiger partial charge in [0.05, 0.1) is 12.5 Å². The van der Waals surface area contributed by atoms with Crippen LogP contribution in [0.25, 0.3) is 0 Å². The maximum Gasteiger partial charge on any atom is 0.0669 e. The van der Waals surface area contributed by atoms with Crippen molar-refractivity contribution in [3.8, 4) is 6.07 Å². The first-order chi connectivity index (χ1) is 5.77. The molecule has 1 aromatic carbocycles. The Morgan fingerprint density at radius 2 is 2.17 bits per heavy atom. The summed E-state index contributed by atoms with van der Waals surface area (Å²) in [5, 5.41) is 8.57. The van der Waals surface area contributed by atoms with Crippen LogP contribution in [-0.4, -0.2) is 0 Å². The van der Waals surface area contributed by atoms with E-state index < -0.39 is 0 Å². The molecule has 0 bridgehead atoms. The monoisotopic (exact) mass is 223 g/mol. The van der Waals surface area contributed by atoms with E-state index in [4.69, 9.17) is 5.26 Å². The third-order valence-electron chi connectivity index (χ3n) is 1.82. The Hall–Kier alpha value is -0.810. The van der Waals surface area contributed by atoms with Gasteiger partial charge in [-0.2, -0.15) is 5.26 Å². The first-order valence-corrected chi connectivity index (χ1v) is 4.71. The van der Waals surface area contributed by atoms with Gasteiger partial charge >= 0.3 is 0 Å². The number of nitrogens with zero attached hydrogens (tertiary/aromatic N) is 1. The highest BCUT2D eigenvalue weighted by molar-refractivity contribution is 9.10. The molecule has 0 aliphatic rings. The molecule has 0 atom stereocenters. The second-order valence-electron chi connectivity index (χ2n) is 2.60. The smallest absolute Gasteiger partial charge is 0.0669 e. The fourth-order valence-electron chi connectivity index (χ4n) is 1.19. The normalized spacial score (nSPS) is 9.42. The van der Waals surface area contributed by atoms with Gasteiger partial charge in [0.25, 0.3) is 0 Å². The van der Waals surface area contributed by atoms with Crippen LogP contribution in [-0.2, 0) is 12.8 Å². The summed E-state index contributed by atoms with van der Waals surface area (Å²) in [4.78, 5) is 0. The molecule has 0 heterocycles. The van der Waals surface area contributed by atoms with Gasteiger partial charge < -0.3 is 0 Å². The van der Waals surface area contributed by atoms with Gasteiger partial charge in [-0.05, 0) is 29.7 Å². The second kappa shape index (κ2) is 4.27. The van der Waals surface area contributed by atoms with Crippen LogP contribution in [0.3, 0.4) is 0 Å².